The molecule has 0 aromatic heterocycles. The van der Waals surface area contributed by atoms with Crippen LogP contribution in [0.2, 0.25) is 0 Å². The van der Waals surface area contributed by atoms with Gasteiger partial charge in [-0.15, -0.1) is 0 Å². The summed E-state index contributed by atoms with van der Waals surface area (Å²) in [4.78, 5) is 0. The third kappa shape index (κ3) is 3.30. The number of halogens is 3. The van der Waals surface area contributed by atoms with E-state index in [-0.39, 0.29) is 10.2 Å². The Balaban J connectivity index is 2.34. The molecular weight excluding hydrogens is 316 g/mol. The largest absolute Gasteiger partial charge is 0.454 e. The van der Waals surface area contributed by atoms with Crippen molar-refractivity contribution in [3.63, 3.8) is 0 Å². The quantitative estimate of drug-likeness (QED) is 0.920. The molecule has 0 heterocycles. The molecule has 2 N–H and O–H groups in total. The van der Waals surface area contributed by atoms with E-state index in [1.54, 1.807) is 12.1 Å². The Kier molecular flexibility index (Phi) is 4.50. The van der Waals surface area contributed by atoms with Crippen LogP contribution in [0.3, 0.4) is 0 Å². The van der Waals surface area contributed by atoms with Gasteiger partial charge in [0.2, 0.25) is 0 Å². The molecule has 5 heteroatoms. The van der Waals surface area contributed by atoms with Gasteiger partial charge in [-0.05, 0) is 58.7 Å². The molecule has 19 heavy (non-hydrogen) atoms. The number of rotatable bonds is 4. The average Bonchev–Trinajstić information content (AvgIpc) is 2.38. The minimum absolute atomic E-state index is 0.131. The SMILES string of the molecule is NCCc1cccc(F)c1Oc1ccc(F)c(Br)c1. The highest BCUT2D eigenvalue weighted by atomic mass is 79.9. The third-order valence-electron chi connectivity index (χ3n) is 2.57. The topological polar surface area (TPSA) is 35.2 Å². The number of nitrogens with two attached hydrogens (primary N) is 1. The number of para-hydroxylation sites is 1. The summed E-state index contributed by atoms with van der Waals surface area (Å²) >= 11 is 3.06. The van der Waals surface area contributed by atoms with Gasteiger partial charge in [-0.1, -0.05) is 12.1 Å². The Bertz CT molecular complexity index is 590. The molecule has 2 nitrogen and oxygen atoms in total. The van der Waals surface area contributed by atoms with Crippen LogP contribution < -0.4 is 10.5 Å². The van der Waals surface area contributed by atoms with Gasteiger partial charge < -0.3 is 10.5 Å². The fraction of sp³-hybridized carbons (Fsp3) is 0.143. The van der Waals surface area contributed by atoms with Gasteiger partial charge in [-0.3, -0.25) is 0 Å². The van der Waals surface area contributed by atoms with Crippen LogP contribution in [0.25, 0.3) is 0 Å². The van der Waals surface area contributed by atoms with E-state index in [2.05, 4.69) is 15.9 Å². The zero-order chi connectivity index (χ0) is 13.8. The van der Waals surface area contributed by atoms with Crippen molar-refractivity contribution < 1.29 is 13.5 Å². The maximum Gasteiger partial charge on any atom is 0.166 e. The second kappa shape index (κ2) is 6.12. The van der Waals surface area contributed by atoms with Crippen LogP contribution in [0.4, 0.5) is 8.78 Å². The minimum atomic E-state index is -0.466. The summed E-state index contributed by atoms with van der Waals surface area (Å²) < 4.78 is 32.7. The highest BCUT2D eigenvalue weighted by Gasteiger charge is 2.11. The molecule has 2 aromatic rings. The fourth-order valence-electron chi connectivity index (χ4n) is 1.68. The molecule has 0 amide bonds. The molecule has 0 spiro atoms. The molecule has 2 rings (SSSR count). The molecule has 0 saturated carbocycles. The zero-order valence-electron chi connectivity index (χ0n) is 10.00. The molecular formula is C14H12BrF2NO. The lowest BCUT2D eigenvalue weighted by atomic mass is 10.1. The van der Waals surface area contributed by atoms with Crippen molar-refractivity contribution in [2.75, 3.05) is 6.54 Å². The summed E-state index contributed by atoms with van der Waals surface area (Å²) in [6, 6.07) is 8.82. The first-order chi connectivity index (χ1) is 9.11. The van der Waals surface area contributed by atoms with E-state index < -0.39 is 11.6 Å². The van der Waals surface area contributed by atoms with Gasteiger partial charge in [-0.2, -0.15) is 0 Å². The maximum absolute atomic E-state index is 13.8. The van der Waals surface area contributed by atoms with E-state index in [1.165, 1.54) is 24.3 Å². The predicted octanol–water partition coefficient (Wildman–Crippen LogP) is 4.02. The molecule has 0 fully saturated rings. The Morgan fingerprint density at radius 3 is 2.58 bits per heavy atom. The highest BCUT2D eigenvalue weighted by Crippen LogP contribution is 2.30. The Morgan fingerprint density at radius 1 is 1.11 bits per heavy atom. The summed E-state index contributed by atoms with van der Waals surface area (Å²) in [6.45, 7) is 0.396. The Morgan fingerprint density at radius 2 is 1.89 bits per heavy atom. The number of benzene rings is 2. The molecule has 0 unspecified atom stereocenters. The lowest BCUT2D eigenvalue weighted by molar-refractivity contribution is 0.435. The smallest absolute Gasteiger partial charge is 0.166 e. The second-order valence-corrected chi connectivity index (χ2v) is 4.80. The first kappa shape index (κ1) is 14.0. The molecule has 0 radical (unpaired) electrons. The van der Waals surface area contributed by atoms with Crippen LogP contribution in [0, 0.1) is 11.6 Å². The first-order valence-electron chi connectivity index (χ1n) is 5.72. The first-order valence-corrected chi connectivity index (χ1v) is 6.51. The highest BCUT2D eigenvalue weighted by molar-refractivity contribution is 9.10. The third-order valence-corrected chi connectivity index (χ3v) is 3.18. The van der Waals surface area contributed by atoms with Crippen molar-refractivity contribution in [2.24, 2.45) is 5.73 Å². The van der Waals surface area contributed by atoms with Crippen molar-refractivity contribution in [1.29, 1.82) is 0 Å². The molecule has 0 bridgehead atoms. The van der Waals surface area contributed by atoms with Gasteiger partial charge in [0, 0.05) is 0 Å². The standard InChI is InChI=1S/C14H12BrF2NO/c15-11-8-10(4-5-12(11)16)19-14-9(6-7-18)2-1-3-13(14)17/h1-5,8H,6-7,18H2. The molecule has 2 aromatic carbocycles. The van der Waals surface area contributed by atoms with Gasteiger partial charge >= 0.3 is 0 Å². The van der Waals surface area contributed by atoms with Crippen LogP contribution >= 0.6 is 15.9 Å². The van der Waals surface area contributed by atoms with E-state index in [9.17, 15) is 8.78 Å². The van der Waals surface area contributed by atoms with E-state index in [1.807, 2.05) is 0 Å². The van der Waals surface area contributed by atoms with Gasteiger partial charge in [-0.25, -0.2) is 8.78 Å². The lowest BCUT2D eigenvalue weighted by Gasteiger charge is -2.12. The molecule has 100 valence electrons. The van der Waals surface area contributed by atoms with Crippen LogP contribution in [0.1, 0.15) is 5.56 Å². The van der Waals surface area contributed by atoms with Crippen molar-refractivity contribution >= 4 is 15.9 Å². The van der Waals surface area contributed by atoms with Crippen LogP contribution in [0.15, 0.2) is 40.9 Å². The molecule has 0 aliphatic heterocycles. The van der Waals surface area contributed by atoms with Gasteiger partial charge in [0.05, 0.1) is 4.47 Å². The monoisotopic (exact) mass is 327 g/mol. The average molecular weight is 328 g/mol. The maximum atomic E-state index is 13.8. The van der Waals surface area contributed by atoms with Gasteiger partial charge in [0.1, 0.15) is 11.6 Å². The number of hydrogen-bond acceptors (Lipinski definition) is 2. The van der Waals surface area contributed by atoms with Gasteiger partial charge in [0.25, 0.3) is 0 Å². The van der Waals surface area contributed by atoms with Crippen LogP contribution in [-0.2, 0) is 6.42 Å². The van der Waals surface area contributed by atoms with Crippen molar-refractivity contribution in [2.45, 2.75) is 6.42 Å². The lowest BCUT2D eigenvalue weighted by Crippen LogP contribution is -2.05. The van der Waals surface area contributed by atoms with E-state index in [0.717, 1.165) is 0 Å². The van der Waals surface area contributed by atoms with Crippen molar-refractivity contribution in [3.8, 4) is 11.5 Å². The summed E-state index contributed by atoms with van der Waals surface area (Å²) in [7, 11) is 0. The summed E-state index contributed by atoms with van der Waals surface area (Å²) in [5.74, 6) is -0.377. The van der Waals surface area contributed by atoms with Gasteiger partial charge in [0.15, 0.2) is 11.6 Å². The van der Waals surface area contributed by atoms with Crippen molar-refractivity contribution in [1.82, 2.24) is 0 Å². The summed E-state index contributed by atoms with van der Waals surface area (Å²) in [5, 5.41) is 0. The van der Waals surface area contributed by atoms with Crippen molar-refractivity contribution in [3.05, 3.63) is 58.1 Å². The molecule has 0 aliphatic carbocycles. The molecule has 0 atom stereocenters. The van der Waals surface area contributed by atoms with Crippen LogP contribution in [-0.4, -0.2) is 6.54 Å². The minimum Gasteiger partial charge on any atom is -0.454 e. The molecule has 0 aliphatic rings. The van der Waals surface area contributed by atoms with E-state index in [0.29, 0.717) is 24.3 Å². The Hall–Kier alpha value is -1.46. The second-order valence-electron chi connectivity index (χ2n) is 3.94. The fourth-order valence-corrected chi connectivity index (χ4v) is 2.04. The summed E-state index contributed by atoms with van der Waals surface area (Å²) in [6.07, 6.45) is 0.509. The number of hydrogen-bond donors (Lipinski definition) is 1. The predicted molar refractivity (Wildman–Crippen MR) is 73.3 cm³/mol. The van der Waals surface area contributed by atoms with Crippen LogP contribution in [0.5, 0.6) is 11.5 Å². The molecule has 0 saturated heterocycles. The summed E-state index contributed by atoms with van der Waals surface area (Å²) in [5.41, 5.74) is 6.17. The Labute approximate surface area is 118 Å². The van der Waals surface area contributed by atoms with E-state index in [4.69, 9.17) is 10.5 Å². The normalized spacial score (nSPS) is 10.5. The number of ether oxygens (including phenoxy) is 1. The zero-order valence-corrected chi connectivity index (χ0v) is 11.6. The van der Waals surface area contributed by atoms with E-state index >= 15 is 0 Å².